The summed E-state index contributed by atoms with van der Waals surface area (Å²) in [6.07, 6.45) is 0.791. The molecule has 17 heavy (non-hydrogen) atoms. The standard InChI is InChI=1S/C11H20O5Si/c1-6-7-16-10(12)9(2)8-17-11(13-3,14-4)15-5/h2,6-8H2,1,3-5H3. The van der Waals surface area contributed by atoms with Gasteiger partial charge in [0.15, 0.2) is 9.52 Å². The fraction of sp³-hybridized carbons (Fsp3) is 0.727. The maximum atomic E-state index is 11.4. The molecule has 0 saturated carbocycles. The Morgan fingerprint density at radius 1 is 1.24 bits per heavy atom. The average Bonchev–Trinajstić information content (AvgIpc) is 2.37. The van der Waals surface area contributed by atoms with Crippen LogP contribution in [-0.2, 0) is 23.7 Å². The van der Waals surface area contributed by atoms with Crippen molar-refractivity contribution in [3.05, 3.63) is 12.2 Å². The molecule has 0 saturated heterocycles. The Bertz CT molecular complexity index is 242. The van der Waals surface area contributed by atoms with E-state index in [0.29, 0.717) is 18.2 Å². The minimum absolute atomic E-state index is 0.105. The van der Waals surface area contributed by atoms with Crippen molar-refractivity contribution in [2.45, 2.75) is 25.0 Å². The molecule has 0 aromatic rings. The Balaban J connectivity index is 4.17. The predicted molar refractivity (Wildman–Crippen MR) is 64.7 cm³/mol. The monoisotopic (exact) mass is 260 g/mol. The Labute approximate surface area is 105 Å². The van der Waals surface area contributed by atoms with Crippen LogP contribution in [0.15, 0.2) is 12.2 Å². The van der Waals surface area contributed by atoms with Gasteiger partial charge in [0.1, 0.15) is 0 Å². The lowest BCUT2D eigenvalue weighted by atomic mass is 10.3. The van der Waals surface area contributed by atoms with Gasteiger partial charge < -0.3 is 18.9 Å². The zero-order chi connectivity index (χ0) is 13.3. The Morgan fingerprint density at radius 2 is 1.76 bits per heavy atom. The first kappa shape index (κ1) is 16.3. The molecule has 0 aliphatic rings. The van der Waals surface area contributed by atoms with E-state index in [1.54, 1.807) is 0 Å². The van der Waals surface area contributed by atoms with Gasteiger partial charge in [-0.05, 0) is 12.5 Å². The molecule has 0 aliphatic heterocycles. The fourth-order valence-corrected chi connectivity index (χ4v) is 2.06. The van der Waals surface area contributed by atoms with Gasteiger partial charge in [-0.3, -0.25) is 0 Å². The number of hydrogen-bond acceptors (Lipinski definition) is 5. The second-order valence-corrected chi connectivity index (χ2v) is 4.58. The van der Waals surface area contributed by atoms with Gasteiger partial charge in [0.2, 0.25) is 0 Å². The van der Waals surface area contributed by atoms with Crippen molar-refractivity contribution in [1.29, 1.82) is 0 Å². The van der Waals surface area contributed by atoms with Crippen LogP contribution in [0.3, 0.4) is 0 Å². The van der Waals surface area contributed by atoms with E-state index in [1.807, 2.05) is 6.92 Å². The molecule has 0 aromatic carbocycles. The molecule has 0 unspecified atom stereocenters. The van der Waals surface area contributed by atoms with Gasteiger partial charge >= 0.3 is 5.97 Å². The van der Waals surface area contributed by atoms with Crippen molar-refractivity contribution in [3.63, 3.8) is 0 Å². The largest absolute Gasteiger partial charge is 0.462 e. The molecule has 0 bridgehead atoms. The summed E-state index contributed by atoms with van der Waals surface area (Å²) < 4.78 is 20.3. The minimum Gasteiger partial charge on any atom is -0.462 e. The van der Waals surface area contributed by atoms with Crippen molar-refractivity contribution >= 4 is 15.5 Å². The molecule has 5 nitrogen and oxygen atoms in total. The zero-order valence-electron chi connectivity index (χ0n) is 10.9. The van der Waals surface area contributed by atoms with Crippen molar-refractivity contribution in [3.8, 4) is 0 Å². The molecule has 0 fully saturated rings. The summed E-state index contributed by atoms with van der Waals surface area (Å²) in [5.41, 5.74) is -0.708. The third-order valence-corrected chi connectivity index (χ3v) is 3.70. The third kappa shape index (κ3) is 5.45. The van der Waals surface area contributed by atoms with Crippen LogP contribution in [0, 0.1) is 0 Å². The third-order valence-electron chi connectivity index (χ3n) is 2.05. The van der Waals surface area contributed by atoms with Crippen LogP contribution in [0.1, 0.15) is 13.3 Å². The molecule has 98 valence electrons. The van der Waals surface area contributed by atoms with E-state index in [1.165, 1.54) is 21.3 Å². The van der Waals surface area contributed by atoms with E-state index in [4.69, 9.17) is 18.9 Å². The summed E-state index contributed by atoms with van der Waals surface area (Å²) in [4.78, 5) is 11.4. The van der Waals surface area contributed by atoms with E-state index in [-0.39, 0.29) is 15.5 Å². The van der Waals surface area contributed by atoms with Gasteiger partial charge in [-0.2, -0.15) is 0 Å². The SMILES string of the molecule is C=C(C[Si]C(OC)(OC)OC)C(=O)OCCC. The van der Waals surface area contributed by atoms with Gasteiger partial charge in [0.25, 0.3) is 5.60 Å². The lowest BCUT2D eigenvalue weighted by molar-refractivity contribution is -0.294. The second-order valence-electron chi connectivity index (χ2n) is 3.26. The molecular formula is C11H20O5Si. The predicted octanol–water partition coefficient (Wildman–Crippen LogP) is 1.17. The van der Waals surface area contributed by atoms with E-state index < -0.39 is 5.60 Å². The van der Waals surface area contributed by atoms with E-state index in [0.717, 1.165) is 6.42 Å². The number of carbonyl (C=O) groups is 1. The van der Waals surface area contributed by atoms with E-state index in [9.17, 15) is 4.79 Å². The second kappa shape index (κ2) is 8.41. The van der Waals surface area contributed by atoms with Crippen LogP contribution in [0.4, 0.5) is 0 Å². The summed E-state index contributed by atoms with van der Waals surface area (Å²) in [6.45, 7) is 6.02. The lowest BCUT2D eigenvalue weighted by Gasteiger charge is -2.28. The summed E-state index contributed by atoms with van der Waals surface area (Å²) in [5, 5.41) is 0. The number of rotatable bonds is 9. The van der Waals surface area contributed by atoms with Crippen molar-refractivity contribution in [2.24, 2.45) is 0 Å². The molecule has 0 aliphatic carbocycles. The van der Waals surface area contributed by atoms with Crippen LogP contribution < -0.4 is 0 Å². The van der Waals surface area contributed by atoms with Crippen molar-refractivity contribution in [2.75, 3.05) is 27.9 Å². The lowest BCUT2D eigenvalue weighted by Crippen LogP contribution is -2.42. The van der Waals surface area contributed by atoms with Gasteiger partial charge in [-0.1, -0.05) is 13.5 Å². The smallest absolute Gasteiger partial charge is 0.333 e. The van der Waals surface area contributed by atoms with Crippen LogP contribution in [0.2, 0.25) is 6.04 Å². The molecule has 0 amide bonds. The maximum absolute atomic E-state index is 11.4. The number of methoxy groups -OCH3 is 3. The molecule has 6 heteroatoms. The van der Waals surface area contributed by atoms with Gasteiger partial charge in [0, 0.05) is 26.9 Å². The summed E-state index contributed by atoms with van der Waals surface area (Å²) >= 11 is 0. The number of hydrogen-bond donors (Lipinski definition) is 0. The summed E-state index contributed by atoms with van der Waals surface area (Å²) in [5.74, 6) is -0.378. The van der Waals surface area contributed by atoms with Crippen molar-refractivity contribution < 1.29 is 23.7 Å². The van der Waals surface area contributed by atoms with Crippen LogP contribution in [0.5, 0.6) is 0 Å². The molecule has 0 N–H and O–H groups in total. The molecule has 0 heterocycles. The number of esters is 1. The Hall–Kier alpha value is -0.693. The van der Waals surface area contributed by atoms with Crippen molar-refractivity contribution in [1.82, 2.24) is 0 Å². The molecule has 2 radical (unpaired) electrons. The maximum Gasteiger partial charge on any atom is 0.333 e. The number of ether oxygens (including phenoxy) is 4. The minimum atomic E-state index is -1.10. The molecule has 0 atom stereocenters. The van der Waals surface area contributed by atoms with E-state index in [2.05, 4.69) is 6.58 Å². The highest BCUT2D eigenvalue weighted by Crippen LogP contribution is 2.15. The highest BCUT2D eigenvalue weighted by atomic mass is 28.2. The molecule has 0 rings (SSSR count). The fourth-order valence-electron chi connectivity index (χ4n) is 1.05. The number of carbonyl (C=O) groups excluding carboxylic acids is 1. The summed E-state index contributed by atoms with van der Waals surface area (Å²) in [7, 11) is 4.56. The highest BCUT2D eigenvalue weighted by Gasteiger charge is 2.30. The van der Waals surface area contributed by atoms with Gasteiger partial charge in [0.05, 0.1) is 6.61 Å². The van der Waals surface area contributed by atoms with Crippen LogP contribution >= 0.6 is 0 Å². The first-order valence-electron chi connectivity index (χ1n) is 5.30. The Morgan fingerprint density at radius 3 is 2.18 bits per heavy atom. The van der Waals surface area contributed by atoms with Crippen LogP contribution in [0.25, 0.3) is 0 Å². The topological polar surface area (TPSA) is 54.0 Å². The Kier molecular flexibility index (Phi) is 8.06. The van der Waals surface area contributed by atoms with E-state index >= 15 is 0 Å². The highest BCUT2D eigenvalue weighted by molar-refractivity contribution is 6.40. The first-order chi connectivity index (χ1) is 8.05. The molecule has 0 aromatic heterocycles. The van der Waals surface area contributed by atoms with Crippen LogP contribution in [-0.4, -0.2) is 49.0 Å². The average molecular weight is 260 g/mol. The molecular weight excluding hydrogens is 240 g/mol. The summed E-state index contributed by atoms with van der Waals surface area (Å²) in [6, 6.07) is 0.415. The van der Waals surface area contributed by atoms with Gasteiger partial charge in [-0.15, -0.1) is 0 Å². The normalized spacial score (nSPS) is 11.3. The quantitative estimate of drug-likeness (QED) is 0.269. The molecule has 0 spiro atoms. The zero-order valence-corrected chi connectivity index (χ0v) is 11.9. The van der Waals surface area contributed by atoms with Gasteiger partial charge in [-0.25, -0.2) is 4.79 Å². The first-order valence-corrected chi connectivity index (χ1v) is 6.51.